The molecule has 0 aromatic heterocycles. The fraction of sp³-hybridized carbons (Fsp3) is 0.300. The molecular formula is C10H12O6P-. The molecule has 1 rings (SSSR count). The average Bonchev–Trinajstić information content (AvgIpc) is 2.28. The first-order chi connectivity index (χ1) is 7.93. The number of esters is 1. The molecular weight excluding hydrogens is 247 g/mol. The van der Waals surface area contributed by atoms with Gasteiger partial charge in [-0.3, -0.25) is 4.79 Å². The number of phenols is 1. The highest BCUT2D eigenvalue weighted by atomic mass is 31.2. The minimum Gasteiger partial charge on any atom is -0.778 e. The summed E-state index contributed by atoms with van der Waals surface area (Å²) in [6.45, 7) is -0.182. The molecule has 1 N–H and O–H groups in total. The van der Waals surface area contributed by atoms with Crippen molar-refractivity contribution in [2.75, 3.05) is 13.3 Å². The Bertz CT molecular complexity index is 427. The lowest BCUT2D eigenvalue weighted by Gasteiger charge is -2.21. The fourth-order valence-corrected chi connectivity index (χ4v) is 1.92. The van der Waals surface area contributed by atoms with Crippen LogP contribution in [0.4, 0.5) is 0 Å². The van der Waals surface area contributed by atoms with E-state index >= 15 is 0 Å². The molecule has 17 heavy (non-hydrogen) atoms. The lowest BCUT2D eigenvalue weighted by Crippen LogP contribution is -2.16. The summed E-state index contributed by atoms with van der Waals surface area (Å²) in [5.74, 6) is -0.789. The van der Waals surface area contributed by atoms with Gasteiger partial charge in [-0.05, 0) is 17.7 Å². The molecule has 0 spiro atoms. The van der Waals surface area contributed by atoms with Gasteiger partial charge in [-0.1, -0.05) is 12.1 Å². The van der Waals surface area contributed by atoms with E-state index in [4.69, 9.17) is 5.11 Å². The van der Waals surface area contributed by atoms with Crippen LogP contribution in [0.25, 0.3) is 0 Å². The maximum atomic E-state index is 11.3. The number of hydrogen-bond acceptors (Lipinski definition) is 6. The van der Waals surface area contributed by atoms with Gasteiger partial charge in [-0.2, -0.15) is 0 Å². The number of carbonyl (C=O) groups is 1. The molecule has 1 aromatic carbocycles. The van der Waals surface area contributed by atoms with E-state index < -0.39 is 19.7 Å². The Labute approximate surface area is 98.3 Å². The summed E-state index contributed by atoms with van der Waals surface area (Å²) in [5, 5.41) is 9.02. The van der Waals surface area contributed by atoms with Crippen LogP contribution >= 0.6 is 7.60 Å². The van der Waals surface area contributed by atoms with Crippen molar-refractivity contribution in [2.24, 2.45) is 0 Å². The van der Waals surface area contributed by atoms with Crippen molar-refractivity contribution in [3.8, 4) is 5.75 Å². The molecule has 0 bridgehead atoms. The number of benzene rings is 1. The van der Waals surface area contributed by atoms with Gasteiger partial charge >= 0.3 is 5.97 Å². The van der Waals surface area contributed by atoms with Crippen molar-refractivity contribution in [1.82, 2.24) is 0 Å². The number of rotatable bonds is 5. The van der Waals surface area contributed by atoms with E-state index in [0.717, 1.165) is 7.11 Å². The maximum Gasteiger partial charge on any atom is 0.314 e. The standard InChI is InChI=1S/C10H13O6P/c1-15-10(12)7-17(13,14)16-6-8-2-4-9(11)5-3-8/h2-5,11H,6-7H2,1H3,(H,13,14)/p-1. The summed E-state index contributed by atoms with van der Waals surface area (Å²) >= 11 is 0. The minimum atomic E-state index is -4.23. The van der Waals surface area contributed by atoms with E-state index in [1.54, 1.807) is 0 Å². The first-order valence-electron chi connectivity index (χ1n) is 4.72. The zero-order chi connectivity index (χ0) is 12.9. The van der Waals surface area contributed by atoms with Crippen LogP contribution in [0.1, 0.15) is 5.56 Å². The highest BCUT2D eigenvalue weighted by Gasteiger charge is 2.15. The van der Waals surface area contributed by atoms with Gasteiger partial charge < -0.3 is 23.8 Å². The van der Waals surface area contributed by atoms with Crippen molar-refractivity contribution >= 4 is 13.6 Å². The molecule has 0 heterocycles. The normalized spacial score (nSPS) is 14.0. The predicted molar refractivity (Wildman–Crippen MR) is 57.4 cm³/mol. The molecule has 0 saturated carbocycles. The third kappa shape index (κ3) is 4.99. The van der Waals surface area contributed by atoms with E-state index in [0.29, 0.717) is 5.56 Å². The summed E-state index contributed by atoms with van der Waals surface area (Å²) in [5.41, 5.74) is 0.573. The lowest BCUT2D eigenvalue weighted by atomic mass is 10.2. The van der Waals surface area contributed by atoms with Crippen LogP contribution in [-0.4, -0.2) is 24.3 Å². The monoisotopic (exact) mass is 259 g/mol. The SMILES string of the molecule is COC(=O)CP(=O)([O-])OCc1ccc(O)cc1. The first kappa shape index (κ1) is 13.7. The van der Waals surface area contributed by atoms with Crippen LogP contribution in [0, 0.1) is 0 Å². The molecule has 0 aliphatic heterocycles. The first-order valence-corrected chi connectivity index (χ1v) is 6.45. The van der Waals surface area contributed by atoms with Crippen LogP contribution in [0.3, 0.4) is 0 Å². The van der Waals surface area contributed by atoms with Gasteiger partial charge in [0.2, 0.25) is 0 Å². The molecule has 1 unspecified atom stereocenters. The van der Waals surface area contributed by atoms with Gasteiger partial charge in [-0.15, -0.1) is 0 Å². The Morgan fingerprint density at radius 2 is 2.00 bits per heavy atom. The highest BCUT2D eigenvalue weighted by molar-refractivity contribution is 7.52. The Hall–Kier alpha value is -1.36. The average molecular weight is 259 g/mol. The second-order valence-corrected chi connectivity index (χ2v) is 5.08. The molecule has 0 fully saturated rings. The van der Waals surface area contributed by atoms with Crippen LogP contribution < -0.4 is 4.89 Å². The van der Waals surface area contributed by atoms with Gasteiger partial charge in [0.05, 0.1) is 13.7 Å². The lowest BCUT2D eigenvalue weighted by molar-refractivity contribution is -0.200. The van der Waals surface area contributed by atoms with Crippen molar-refractivity contribution in [3.05, 3.63) is 29.8 Å². The number of methoxy groups -OCH3 is 1. The minimum absolute atomic E-state index is 0.0774. The van der Waals surface area contributed by atoms with Crippen molar-refractivity contribution in [2.45, 2.75) is 6.61 Å². The Morgan fingerprint density at radius 3 is 2.53 bits per heavy atom. The van der Waals surface area contributed by atoms with Gasteiger partial charge in [0.15, 0.2) is 0 Å². The summed E-state index contributed by atoms with van der Waals surface area (Å²) < 4.78 is 20.2. The van der Waals surface area contributed by atoms with Crippen LogP contribution in [-0.2, 0) is 25.2 Å². The summed E-state index contributed by atoms with van der Waals surface area (Å²) in [7, 11) is -3.13. The zero-order valence-corrected chi connectivity index (χ0v) is 10.1. The molecule has 0 amide bonds. The van der Waals surface area contributed by atoms with E-state index in [9.17, 15) is 14.3 Å². The smallest absolute Gasteiger partial charge is 0.314 e. The third-order valence-corrected chi connectivity index (χ3v) is 3.08. The van der Waals surface area contributed by atoms with Crippen LogP contribution in [0.15, 0.2) is 24.3 Å². The molecule has 6 nitrogen and oxygen atoms in total. The topological polar surface area (TPSA) is 95.9 Å². The van der Waals surface area contributed by atoms with Gasteiger partial charge in [-0.25, -0.2) is 0 Å². The number of phenolic OH excluding ortho intramolecular Hbond substituents is 1. The van der Waals surface area contributed by atoms with Crippen molar-refractivity contribution in [3.63, 3.8) is 0 Å². The van der Waals surface area contributed by atoms with Crippen LogP contribution in [0.5, 0.6) is 5.75 Å². The number of ether oxygens (including phenoxy) is 1. The third-order valence-electron chi connectivity index (χ3n) is 1.91. The molecule has 1 atom stereocenters. The van der Waals surface area contributed by atoms with Gasteiger partial charge in [0.25, 0.3) is 0 Å². The number of carbonyl (C=O) groups excluding carboxylic acids is 1. The van der Waals surface area contributed by atoms with Gasteiger partial charge in [0, 0.05) is 0 Å². The second kappa shape index (κ2) is 5.82. The van der Waals surface area contributed by atoms with Gasteiger partial charge in [0.1, 0.15) is 19.5 Å². The molecule has 7 heteroatoms. The Kier molecular flexibility index (Phi) is 4.69. The molecule has 0 aliphatic carbocycles. The summed E-state index contributed by atoms with van der Waals surface area (Å²) in [4.78, 5) is 22.1. The van der Waals surface area contributed by atoms with Crippen molar-refractivity contribution in [1.29, 1.82) is 0 Å². The van der Waals surface area contributed by atoms with Crippen molar-refractivity contribution < 1.29 is 28.6 Å². The molecule has 0 radical (unpaired) electrons. The Morgan fingerprint density at radius 1 is 1.41 bits per heavy atom. The molecule has 0 saturated heterocycles. The van der Waals surface area contributed by atoms with E-state index in [1.807, 2.05) is 0 Å². The van der Waals surface area contributed by atoms with E-state index in [2.05, 4.69) is 9.26 Å². The molecule has 0 aliphatic rings. The number of aromatic hydroxyl groups is 1. The highest BCUT2D eigenvalue weighted by Crippen LogP contribution is 2.37. The van der Waals surface area contributed by atoms with E-state index in [-0.39, 0.29) is 12.4 Å². The van der Waals surface area contributed by atoms with Crippen LogP contribution in [0.2, 0.25) is 0 Å². The maximum absolute atomic E-state index is 11.3. The van der Waals surface area contributed by atoms with E-state index in [1.165, 1.54) is 24.3 Å². The summed E-state index contributed by atoms with van der Waals surface area (Å²) in [6.07, 6.45) is -0.790. The summed E-state index contributed by atoms with van der Waals surface area (Å²) in [6, 6.07) is 5.87. The molecule has 94 valence electrons. The molecule has 1 aromatic rings. The Balaban J connectivity index is 2.52. The predicted octanol–water partition coefficient (Wildman–Crippen LogP) is 0.635. The fourth-order valence-electron chi connectivity index (χ4n) is 1.03. The largest absolute Gasteiger partial charge is 0.778 e. The zero-order valence-electron chi connectivity index (χ0n) is 9.16. The quantitative estimate of drug-likeness (QED) is 0.615. The second-order valence-electron chi connectivity index (χ2n) is 3.29. The number of hydrogen-bond donors (Lipinski definition) is 1.